The first kappa shape index (κ1) is 42.0. The molecule has 0 saturated heterocycles. The van der Waals surface area contributed by atoms with E-state index in [9.17, 15) is 0 Å². The van der Waals surface area contributed by atoms with Crippen LogP contribution in [0.5, 0.6) is 0 Å². The summed E-state index contributed by atoms with van der Waals surface area (Å²) in [5, 5.41) is 4.40. The van der Waals surface area contributed by atoms with Crippen LogP contribution in [0.15, 0.2) is 253 Å². The number of furan rings is 1. The minimum Gasteiger partial charge on any atom is -0.456 e. The van der Waals surface area contributed by atoms with Crippen LogP contribution in [0.2, 0.25) is 0 Å². The highest BCUT2D eigenvalue weighted by molar-refractivity contribution is 7.26. The Morgan fingerprint density at radius 1 is 0.293 bits per heavy atom. The minimum atomic E-state index is -0.387. The van der Waals surface area contributed by atoms with Crippen LogP contribution in [0.3, 0.4) is 0 Å². The van der Waals surface area contributed by atoms with Gasteiger partial charge in [0.2, 0.25) is 0 Å². The van der Waals surface area contributed by atoms with Gasteiger partial charge in [0.15, 0.2) is 17.5 Å². The van der Waals surface area contributed by atoms with Gasteiger partial charge in [-0.1, -0.05) is 206 Å². The SMILES string of the molecule is c1ccc(-c2cccc(-c3nc(-c4cccc5c4sc4ccccc45)nc(-c4cccc5oc6ccc(-c7ccc(-c8ccc9c(c8)C8(c%10ccccc%10-c%10ccccc%108)c8ccccc8-9)cc7)cc6c45)n3)c2)cc1. The molecular weight excluding hydrogens is 931 g/mol. The van der Waals surface area contributed by atoms with Crippen LogP contribution in [0.25, 0.3) is 132 Å². The van der Waals surface area contributed by atoms with Gasteiger partial charge < -0.3 is 4.42 Å². The fourth-order valence-electron chi connectivity index (χ4n) is 12.5. The zero-order chi connectivity index (χ0) is 49.2. The molecule has 14 aromatic rings. The standard InChI is InChI=1S/C70H41N3OS/c1-2-15-42(16-3-1)45-17-12-18-48(39-45)67-71-68(73-69(72-67)56-25-13-23-54-53-22-7-11-30-64(53)75-66(54)56)55-24-14-29-63-65(55)57-40-46(36-38-62(57)74-63)43-31-33-44(34-32-43)47-35-37-52-51-21-6-10-28-60(51)70(61(52)41-47)58-26-8-4-19-49(58)50-20-5-9-27-59(50)70/h1-41H. The fourth-order valence-corrected chi connectivity index (χ4v) is 13.7. The number of benzene rings is 11. The highest BCUT2D eigenvalue weighted by Gasteiger charge is 2.51. The monoisotopic (exact) mass is 971 g/mol. The summed E-state index contributed by atoms with van der Waals surface area (Å²) in [5.41, 5.74) is 21.4. The summed E-state index contributed by atoms with van der Waals surface area (Å²) in [5.74, 6) is 1.83. The Morgan fingerprint density at radius 2 is 0.787 bits per heavy atom. The average Bonchev–Trinajstić information content (AvgIpc) is 4.28. The van der Waals surface area contributed by atoms with E-state index in [1.54, 1.807) is 11.3 Å². The Morgan fingerprint density at radius 3 is 1.53 bits per heavy atom. The molecule has 0 unspecified atom stereocenters. The van der Waals surface area contributed by atoms with E-state index in [1.165, 1.54) is 71.1 Å². The van der Waals surface area contributed by atoms with E-state index in [-0.39, 0.29) is 5.41 Å². The lowest BCUT2D eigenvalue weighted by Gasteiger charge is -2.30. The maximum Gasteiger partial charge on any atom is 0.165 e. The molecule has 3 aromatic heterocycles. The predicted molar refractivity (Wildman–Crippen MR) is 309 cm³/mol. The number of thiophene rings is 1. The lowest BCUT2D eigenvalue weighted by atomic mass is 9.70. The van der Waals surface area contributed by atoms with Crippen molar-refractivity contribution < 1.29 is 4.42 Å². The van der Waals surface area contributed by atoms with Crippen molar-refractivity contribution >= 4 is 53.4 Å². The summed E-state index contributed by atoms with van der Waals surface area (Å²) in [6.45, 7) is 0. The van der Waals surface area contributed by atoms with Crippen molar-refractivity contribution in [3.8, 4) is 89.8 Å². The van der Waals surface area contributed by atoms with E-state index in [0.717, 1.165) is 65.6 Å². The Labute approximate surface area is 436 Å². The van der Waals surface area contributed by atoms with E-state index >= 15 is 0 Å². The molecule has 0 N–H and O–H groups in total. The Kier molecular flexibility index (Phi) is 9.09. The molecule has 0 amide bonds. The molecule has 2 aliphatic rings. The number of hydrogen-bond donors (Lipinski definition) is 0. The van der Waals surface area contributed by atoms with Crippen LogP contribution in [0.1, 0.15) is 22.3 Å². The molecule has 75 heavy (non-hydrogen) atoms. The van der Waals surface area contributed by atoms with Crippen molar-refractivity contribution in [2.24, 2.45) is 0 Å². The third-order valence-corrected chi connectivity index (χ3v) is 17.0. The molecule has 3 heterocycles. The van der Waals surface area contributed by atoms with Crippen LogP contribution in [0.4, 0.5) is 0 Å². The van der Waals surface area contributed by atoms with Gasteiger partial charge in [0.25, 0.3) is 0 Å². The molecule has 0 atom stereocenters. The minimum absolute atomic E-state index is 0.387. The Hall–Kier alpha value is -9.55. The van der Waals surface area contributed by atoms with Gasteiger partial charge in [0.1, 0.15) is 11.2 Å². The number of hydrogen-bond acceptors (Lipinski definition) is 5. The van der Waals surface area contributed by atoms with Crippen molar-refractivity contribution in [3.05, 3.63) is 271 Å². The highest BCUT2D eigenvalue weighted by Crippen LogP contribution is 2.63. The molecule has 0 saturated carbocycles. The van der Waals surface area contributed by atoms with Crippen molar-refractivity contribution in [2.45, 2.75) is 5.41 Å². The topological polar surface area (TPSA) is 51.8 Å². The van der Waals surface area contributed by atoms with E-state index in [4.69, 9.17) is 19.4 Å². The molecule has 348 valence electrons. The van der Waals surface area contributed by atoms with Crippen LogP contribution >= 0.6 is 11.3 Å². The molecule has 1 spiro atoms. The second-order valence-corrected chi connectivity index (χ2v) is 20.8. The second-order valence-electron chi connectivity index (χ2n) is 19.7. The van der Waals surface area contributed by atoms with Crippen molar-refractivity contribution in [2.75, 3.05) is 0 Å². The first-order valence-electron chi connectivity index (χ1n) is 25.5. The summed E-state index contributed by atoms with van der Waals surface area (Å²) in [7, 11) is 0. The molecular formula is C70H41N3OS. The zero-order valence-electron chi connectivity index (χ0n) is 40.3. The lowest BCUT2D eigenvalue weighted by Crippen LogP contribution is -2.25. The Bertz CT molecular complexity index is 4600. The van der Waals surface area contributed by atoms with Gasteiger partial charge in [-0.2, -0.15) is 0 Å². The fraction of sp³-hybridized carbons (Fsp3) is 0.0143. The van der Waals surface area contributed by atoms with Gasteiger partial charge in [0.05, 0.1) is 5.41 Å². The van der Waals surface area contributed by atoms with Gasteiger partial charge in [-0.15, -0.1) is 11.3 Å². The van der Waals surface area contributed by atoms with Crippen LogP contribution in [-0.2, 0) is 5.41 Å². The molecule has 0 radical (unpaired) electrons. The third-order valence-electron chi connectivity index (χ3n) is 15.8. The number of fused-ring (bicyclic) bond motifs is 16. The summed E-state index contributed by atoms with van der Waals surface area (Å²) in [4.78, 5) is 16.0. The maximum atomic E-state index is 6.64. The van der Waals surface area contributed by atoms with E-state index in [0.29, 0.717) is 17.5 Å². The van der Waals surface area contributed by atoms with E-state index < -0.39 is 0 Å². The average molecular weight is 972 g/mol. The third kappa shape index (κ3) is 6.26. The maximum absolute atomic E-state index is 6.64. The highest BCUT2D eigenvalue weighted by atomic mass is 32.1. The van der Waals surface area contributed by atoms with E-state index in [2.05, 4.69) is 231 Å². The zero-order valence-corrected chi connectivity index (χ0v) is 41.1. The molecule has 0 fully saturated rings. The number of aromatic nitrogens is 3. The normalized spacial score (nSPS) is 12.9. The second kappa shape index (κ2) is 16.2. The van der Waals surface area contributed by atoms with Gasteiger partial charge in [-0.25, -0.2) is 15.0 Å². The summed E-state index contributed by atoms with van der Waals surface area (Å²) < 4.78 is 9.02. The summed E-state index contributed by atoms with van der Waals surface area (Å²) in [6.07, 6.45) is 0. The quantitative estimate of drug-likeness (QED) is 0.167. The lowest BCUT2D eigenvalue weighted by molar-refractivity contribution is 0.669. The van der Waals surface area contributed by atoms with Crippen LogP contribution in [0, 0.1) is 0 Å². The molecule has 16 rings (SSSR count). The number of nitrogens with zero attached hydrogens (tertiary/aromatic N) is 3. The summed E-state index contributed by atoms with van der Waals surface area (Å²) in [6, 6.07) is 89.8. The molecule has 5 heteroatoms. The van der Waals surface area contributed by atoms with Crippen LogP contribution < -0.4 is 0 Å². The molecule has 4 nitrogen and oxygen atoms in total. The largest absolute Gasteiger partial charge is 0.456 e. The molecule has 11 aromatic carbocycles. The first-order valence-corrected chi connectivity index (χ1v) is 26.3. The van der Waals surface area contributed by atoms with Gasteiger partial charge >= 0.3 is 0 Å². The van der Waals surface area contributed by atoms with Gasteiger partial charge in [-0.3, -0.25) is 0 Å². The van der Waals surface area contributed by atoms with Crippen molar-refractivity contribution in [1.82, 2.24) is 15.0 Å². The van der Waals surface area contributed by atoms with Gasteiger partial charge in [-0.05, 0) is 120 Å². The molecule has 0 bridgehead atoms. The van der Waals surface area contributed by atoms with Gasteiger partial charge in [0, 0.05) is 47.6 Å². The number of rotatable bonds is 6. The molecule has 2 aliphatic carbocycles. The first-order chi connectivity index (χ1) is 37.2. The van der Waals surface area contributed by atoms with E-state index in [1.807, 2.05) is 18.2 Å². The van der Waals surface area contributed by atoms with Crippen molar-refractivity contribution in [1.29, 1.82) is 0 Å². The van der Waals surface area contributed by atoms with Crippen molar-refractivity contribution in [3.63, 3.8) is 0 Å². The smallest absolute Gasteiger partial charge is 0.165 e. The summed E-state index contributed by atoms with van der Waals surface area (Å²) >= 11 is 1.78. The Balaban J connectivity index is 0.814. The van der Waals surface area contributed by atoms with Crippen LogP contribution in [-0.4, -0.2) is 15.0 Å². The molecule has 0 aliphatic heterocycles. The predicted octanol–water partition coefficient (Wildman–Crippen LogP) is 18.5.